The molecule has 6 nitrogen and oxygen atoms in total. The second kappa shape index (κ2) is 6.42. The molecule has 27 heavy (non-hydrogen) atoms. The Morgan fingerprint density at radius 2 is 2.22 bits per heavy atom. The Balaban J connectivity index is 1.33. The normalized spacial score (nSPS) is 23.6. The van der Waals surface area contributed by atoms with Gasteiger partial charge in [-0.2, -0.15) is 0 Å². The number of nitrogens with zero attached hydrogens (tertiary/aromatic N) is 3. The lowest BCUT2D eigenvalue weighted by Gasteiger charge is -2.27. The van der Waals surface area contributed by atoms with E-state index in [9.17, 15) is 9.59 Å². The Bertz CT molecular complexity index is 1060. The molecule has 0 aromatic carbocycles. The van der Waals surface area contributed by atoms with Gasteiger partial charge in [0.1, 0.15) is 10.6 Å². The molecule has 3 atom stereocenters. The van der Waals surface area contributed by atoms with E-state index in [1.54, 1.807) is 0 Å². The molecule has 140 valence electrons. The van der Waals surface area contributed by atoms with Crippen LogP contribution in [0.25, 0.3) is 4.96 Å². The Morgan fingerprint density at radius 3 is 3.00 bits per heavy atom. The van der Waals surface area contributed by atoms with Crippen molar-refractivity contribution in [2.45, 2.75) is 19.4 Å². The van der Waals surface area contributed by atoms with Crippen LogP contribution in [0.3, 0.4) is 0 Å². The van der Waals surface area contributed by atoms with Gasteiger partial charge in [0.25, 0.3) is 11.8 Å². The smallest absolute Gasteiger partial charge is 0.270 e. The Kier molecular flexibility index (Phi) is 4.14. The number of hydrogen-bond donors (Lipinski definition) is 1. The van der Waals surface area contributed by atoms with Crippen LogP contribution in [0, 0.1) is 18.8 Å². The van der Waals surface area contributed by atoms with E-state index in [1.165, 1.54) is 22.7 Å². The number of likely N-dealkylation sites (tertiary alicyclic amines) is 1. The first kappa shape index (κ1) is 17.4. The van der Waals surface area contributed by atoms with Crippen molar-refractivity contribution in [1.82, 2.24) is 19.6 Å². The van der Waals surface area contributed by atoms with E-state index in [0.717, 1.165) is 33.0 Å². The molecule has 9 heteroatoms. The van der Waals surface area contributed by atoms with Crippen molar-refractivity contribution in [2.24, 2.45) is 11.8 Å². The van der Waals surface area contributed by atoms with Gasteiger partial charge < -0.3 is 10.2 Å². The number of carbonyl (C=O) groups excluding carboxylic acids is 2. The van der Waals surface area contributed by atoms with Crippen LogP contribution >= 0.6 is 38.6 Å². The molecule has 5 rings (SSSR count). The van der Waals surface area contributed by atoms with E-state index < -0.39 is 0 Å². The second-order valence-electron chi connectivity index (χ2n) is 7.09. The van der Waals surface area contributed by atoms with E-state index in [0.29, 0.717) is 24.1 Å². The number of carbonyl (C=O) groups is 2. The molecule has 4 heterocycles. The SMILES string of the molecule is Cc1nc2sccn2c1C(=O)NC[C@@H]1[C@H]2C[C@H]2CN1C(=O)c1sccc1Br. The van der Waals surface area contributed by atoms with Gasteiger partial charge in [0.15, 0.2) is 4.96 Å². The molecule has 0 bridgehead atoms. The van der Waals surface area contributed by atoms with Gasteiger partial charge in [0, 0.05) is 29.1 Å². The summed E-state index contributed by atoms with van der Waals surface area (Å²) in [4.78, 5) is 33.7. The van der Waals surface area contributed by atoms with Gasteiger partial charge in [-0.05, 0) is 52.6 Å². The fourth-order valence-corrected chi connectivity index (χ4v) is 6.35. The molecule has 2 fully saturated rings. The first-order valence-electron chi connectivity index (χ1n) is 8.79. The zero-order valence-corrected chi connectivity index (χ0v) is 17.7. The van der Waals surface area contributed by atoms with Crippen LogP contribution in [0.1, 0.15) is 32.3 Å². The van der Waals surface area contributed by atoms with Crippen LogP contribution in [0.15, 0.2) is 27.5 Å². The van der Waals surface area contributed by atoms with Crippen molar-refractivity contribution in [3.05, 3.63) is 43.8 Å². The van der Waals surface area contributed by atoms with Crippen LogP contribution in [0.2, 0.25) is 0 Å². The first-order valence-corrected chi connectivity index (χ1v) is 11.3. The fourth-order valence-electron chi connectivity index (χ4n) is 4.09. The summed E-state index contributed by atoms with van der Waals surface area (Å²) >= 11 is 6.42. The number of imidazole rings is 1. The number of thiazole rings is 1. The van der Waals surface area contributed by atoms with Gasteiger partial charge in [0.2, 0.25) is 0 Å². The molecule has 2 amide bonds. The summed E-state index contributed by atoms with van der Waals surface area (Å²) in [6, 6.07) is 1.96. The highest BCUT2D eigenvalue weighted by molar-refractivity contribution is 9.10. The molecule has 3 aromatic heterocycles. The van der Waals surface area contributed by atoms with Gasteiger partial charge in [-0.15, -0.1) is 22.7 Å². The van der Waals surface area contributed by atoms with Gasteiger partial charge in [-0.3, -0.25) is 14.0 Å². The Hall–Kier alpha value is -1.71. The lowest BCUT2D eigenvalue weighted by molar-refractivity contribution is 0.0698. The summed E-state index contributed by atoms with van der Waals surface area (Å²) in [5, 5.41) is 6.89. The largest absolute Gasteiger partial charge is 0.349 e. The maximum Gasteiger partial charge on any atom is 0.270 e. The van der Waals surface area contributed by atoms with E-state index >= 15 is 0 Å². The van der Waals surface area contributed by atoms with E-state index in [2.05, 4.69) is 26.2 Å². The second-order valence-corrected chi connectivity index (χ2v) is 9.74. The number of aromatic nitrogens is 2. The van der Waals surface area contributed by atoms with E-state index in [4.69, 9.17) is 0 Å². The zero-order chi connectivity index (χ0) is 18.7. The Labute approximate surface area is 172 Å². The topological polar surface area (TPSA) is 66.7 Å². The lowest BCUT2D eigenvalue weighted by atomic mass is 10.1. The van der Waals surface area contributed by atoms with E-state index in [1.807, 2.05) is 39.2 Å². The van der Waals surface area contributed by atoms with Crippen molar-refractivity contribution in [2.75, 3.05) is 13.1 Å². The van der Waals surface area contributed by atoms with Gasteiger partial charge in [0.05, 0.1) is 11.7 Å². The predicted molar refractivity (Wildman–Crippen MR) is 109 cm³/mol. The molecular formula is C18H17BrN4O2S2. The molecule has 0 radical (unpaired) electrons. The lowest BCUT2D eigenvalue weighted by Crippen LogP contribution is -2.45. The molecule has 1 N–H and O–H groups in total. The number of aryl methyl sites for hydroxylation is 1. The monoisotopic (exact) mass is 464 g/mol. The first-order chi connectivity index (χ1) is 13.0. The Morgan fingerprint density at radius 1 is 1.37 bits per heavy atom. The average Bonchev–Trinajstić information content (AvgIpc) is 3.02. The van der Waals surface area contributed by atoms with Crippen molar-refractivity contribution < 1.29 is 9.59 Å². The third kappa shape index (κ3) is 2.83. The molecule has 0 spiro atoms. The third-order valence-electron chi connectivity index (χ3n) is 5.50. The zero-order valence-electron chi connectivity index (χ0n) is 14.5. The number of rotatable bonds is 4. The number of hydrogen-bond acceptors (Lipinski definition) is 5. The standard InChI is InChI=1S/C18H17BrN4O2S2/c1-9-14(22-3-5-27-18(22)21-9)16(24)20-7-13-11-6-10(11)8-23(13)17(25)15-12(19)2-4-26-15/h2-5,10-11,13H,6-8H2,1H3,(H,20,24)/t10-,11-,13+/m0/s1. The molecule has 1 aliphatic heterocycles. The van der Waals surface area contributed by atoms with Crippen molar-refractivity contribution in [3.63, 3.8) is 0 Å². The van der Waals surface area contributed by atoms with Crippen molar-refractivity contribution >= 4 is 55.4 Å². The summed E-state index contributed by atoms with van der Waals surface area (Å²) in [6.45, 7) is 3.12. The molecular weight excluding hydrogens is 448 g/mol. The third-order valence-corrected chi connectivity index (χ3v) is 8.08. The molecule has 1 aliphatic carbocycles. The number of halogens is 1. The van der Waals surface area contributed by atoms with Gasteiger partial charge in [-0.1, -0.05) is 0 Å². The molecule has 1 saturated heterocycles. The minimum atomic E-state index is -0.132. The van der Waals surface area contributed by atoms with Crippen molar-refractivity contribution in [1.29, 1.82) is 0 Å². The van der Waals surface area contributed by atoms with Crippen molar-refractivity contribution in [3.8, 4) is 0 Å². The van der Waals surface area contributed by atoms with Crippen LogP contribution in [-0.4, -0.2) is 45.2 Å². The highest BCUT2D eigenvalue weighted by atomic mass is 79.9. The number of nitrogens with one attached hydrogen (secondary N) is 1. The minimum Gasteiger partial charge on any atom is -0.349 e. The molecule has 0 unspecified atom stereocenters. The number of amides is 2. The predicted octanol–water partition coefficient (Wildman–Crippen LogP) is 3.42. The van der Waals surface area contributed by atoms with Gasteiger partial charge >= 0.3 is 0 Å². The summed E-state index contributed by atoms with van der Waals surface area (Å²) in [5.74, 6) is 1.01. The summed E-state index contributed by atoms with van der Waals surface area (Å²) < 4.78 is 2.67. The maximum absolute atomic E-state index is 13.0. The number of fused-ring (bicyclic) bond motifs is 2. The van der Waals surface area contributed by atoms with Gasteiger partial charge in [-0.25, -0.2) is 4.98 Å². The van der Waals surface area contributed by atoms with Crippen LogP contribution in [0.4, 0.5) is 0 Å². The average molecular weight is 465 g/mol. The minimum absolute atomic E-state index is 0.0593. The highest BCUT2D eigenvalue weighted by Crippen LogP contribution is 2.50. The number of thiophene rings is 1. The summed E-state index contributed by atoms with van der Waals surface area (Å²) in [5.41, 5.74) is 1.31. The molecule has 3 aromatic rings. The molecule has 1 saturated carbocycles. The van der Waals surface area contributed by atoms with Crippen LogP contribution < -0.4 is 5.32 Å². The highest BCUT2D eigenvalue weighted by Gasteiger charge is 2.54. The van der Waals surface area contributed by atoms with Crippen LogP contribution in [-0.2, 0) is 0 Å². The molecule has 2 aliphatic rings. The number of piperidine rings is 1. The van der Waals surface area contributed by atoms with Crippen LogP contribution in [0.5, 0.6) is 0 Å². The van der Waals surface area contributed by atoms with E-state index in [-0.39, 0.29) is 17.9 Å². The summed E-state index contributed by atoms with van der Waals surface area (Å²) in [6.07, 6.45) is 3.02. The quantitative estimate of drug-likeness (QED) is 0.642. The fraction of sp³-hybridized carbons (Fsp3) is 0.389. The maximum atomic E-state index is 13.0. The summed E-state index contributed by atoms with van der Waals surface area (Å²) in [7, 11) is 0.